The number of phenols is 1. The second-order valence-electron chi connectivity index (χ2n) is 5.29. The smallest absolute Gasteiger partial charge is 0.142 e. The van der Waals surface area contributed by atoms with Gasteiger partial charge in [-0.3, -0.25) is 0 Å². The van der Waals surface area contributed by atoms with Crippen molar-refractivity contribution in [3.63, 3.8) is 0 Å². The van der Waals surface area contributed by atoms with Crippen LogP contribution in [0, 0.1) is 5.92 Å². The van der Waals surface area contributed by atoms with Crippen LogP contribution in [0.2, 0.25) is 5.02 Å². The maximum atomic E-state index is 9.86. The highest BCUT2D eigenvalue weighted by Crippen LogP contribution is 2.29. The third kappa shape index (κ3) is 4.30. The van der Waals surface area contributed by atoms with Gasteiger partial charge in [0.05, 0.1) is 12.3 Å². The minimum Gasteiger partial charge on any atom is -0.508 e. The highest BCUT2D eigenvalue weighted by atomic mass is 35.5. The normalized spacial score (nSPS) is 10.7. The molecule has 0 radical (unpaired) electrons. The Balaban J connectivity index is 2.09. The predicted octanol–water partition coefficient (Wildman–Crippen LogP) is 4.69. The number of para-hydroxylation sites is 2. The van der Waals surface area contributed by atoms with Crippen molar-refractivity contribution in [2.75, 3.05) is 11.9 Å². The molecule has 0 bridgehead atoms. The molecular weight excluding hydrogens is 286 g/mol. The van der Waals surface area contributed by atoms with E-state index in [0.717, 1.165) is 11.4 Å². The fourth-order valence-corrected chi connectivity index (χ4v) is 2.14. The summed E-state index contributed by atoms with van der Waals surface area (Å²) < 4.78 is 5.79. The Morgan fingerprint density at radius 1 is 1.14 bits per heavy atom. The second-order valence-corrected chi connectivity index (χ2v) is 5.70. The zero-order chi connectivity index (χ0) is 15.2. The Morgan fingerprint density at radius 2 is 1.90 bits per heavy atom. The predicted molar refractivity (Wildman–Crippen MR) is 87.2 cm³/mol. The second kappa shape index (κ2) is 7.23. The summed E-state index contributed by atoms with van der Waals surface area (Å²) in [7, 11) is 0. The molecule has 0 aromatic heterocycles. The molecule has 0 aliphatic heterocycles. The van der Waals surface area contributed by atoms with Crippen LogP contribution in [0.3, 0.4) is 0 Å². The van der Waals surface area contributed by atoms with Gasteiger partial charge in [-0.25, -0.2) is 0 Å². The van der Waals surface area contributed by atoms with E-state index >= 15 is 0 Å². The first kappa shape index (κ1) is 15.5. The molecule has 4 heteroatoms. The maximum absolute atomic E-state index is 9.86. The lowest BCUT2D eigenvalue weighted by atomic mass is 10.2. The van der Waals surface area contributed by atoms with Gasteiger partial charge in [-0.05, 0) is 30.2 Å². The van der Waals surface area contributed by atoms with Gasteiger partial charge in [-0.1, -0.05) is 43.6 Å². The molecule has 0 saturated heterocycles. The molecule has 2 aromatic carbocycles. The summed E-state index contributed by atoms with van der Waals surface area (Å²) in [5.41, 5.74) is 1.57. The fourth-order valence-electron chi connectivity index (χ4n) is 1.90. The van der Waals surface area contributed by atoms with Crippen LogP contribution in [-0.2, 0) is 6.54 Å². The highest BCUT2D eigenvalue weighted by molar-refractivity contribution is 6.31. The van der Waals surface area contributed by atoms with Gasteiger partial charge >= 0.3 is 0 Å². The van der Waals surface area contributed by atoms with Gasteiger partial charge in [0.1, 0.15) is 11.5 Å². The third-order valence-electron chi connectivity index (χ3n) is 3.01. The number of phenolic OH excluding ortho intramolecular Hbond substituents is 1. The first-order chi connectivity index (χ1) is 10.1. The lowest BCUT2D eigenvalue weighted by molar-refractivity contribution is 0.272. The maximum Gasteiger partial charge on any atom is 0.142 e. The zero-order valence-corrected chi connectivity index (χ0v) is 13.0. The van der Waals surface area contributed by atoms with Gasteiger partial charge in [0.2, 0.25) is 0 Å². The number of rotatable bonds is 6. The Morgan fingerprint density at radius 3 is 2.62 bits per heavy atom. The molecule has 2 N–H and O–H groups in total. The van der Waals surface area contributed by atoms with Crippen LogP contribution >= 0.6 is 11.6 Å². The molecule has 0 unspecified atom stereocenters. The molecule has 112 valence electrons. The number of halogens is 1. The van der Waals surface area contributed by atoms with Crippen LogP contribution in [0.5, 0.6) is 11.5 Å². The van der Waals surface area contributed by atoms with E-state index in [1.54, 1.807) is 18.2 Å². The van der Waals surface area contributed by atoms with E-state index in [1.807, 2.05) is 24.3 Å². The lowest BCUT2D eigenvalue weighted by Gasteiger charge is -2.15. The van der Waals surface area contributed by atoms with Gasteiger partial charge in [-0.2, -0.15) is 0 Å². The molecule has 0 saturated carbocycles. The Bertz CT molecular complexity index is 579. The summed E-state index contributed by atoms with van der Waals surface area (Å²) in [6.45, 7) is 5.32. The number of aromatic hydroxyl groups is 1. The van der Waals surface area contributed by atoms with E-state index in [0.29, 0.717) is 29.7 Å². The zero-order valence-electron chi connectivity index (χ0n) is 12.3. The molecular formula is C17H20ClNO2. The number of hydrogen-bond donors (Lipinski definition) is 2. The van der Waals surface area contributed by atoms with Gasteiger partial charge in [0.15, 0.2) is 0 Å². The summed E-state index contributed by atoms with van der Waals surface area (Å²) in [5, 5.41) is 13.7. The SMILES string of the molecule is CC(C)COc1ccccc1NCc1c(O)cccc1Cl. The van der Waals surface area contributed by atoms with E-state index in [1.165, 1.54) is 0 Å². The standard InChI is InChI=1S/C17H20ClNO2/c1-12(2)11-21-17-9-4-3-7-15(17)19-10-13-14(18)6-5-8-16(13)20/h3-9,12,19-20H,10-11H2,1-2H3. The summed E-state index contributed by atoms with van der Waals surface area (Å²) in [6.07, 6.45) is 0. The number of ether oxygens (including phenoxy) is 1. The van der Waals surface area contributed by atoms with Gasteiger partial charge in [0, 0.05) is 17.1 Å². The lowest BCUT2D eigenvalue weighted by Crippen LogP contribution is -2.07. The van der Waals surface area contributed by atoms with E-state index in [4.69, 9.17) is 16.3 Å². The first-order valence-electron chi connectivity index (χ1n) is 7.00. The molecule has 2 rings (SSSR count). The summed E-state index contributed by atoms with van der Waals surface area (Å²) >= 11 is 6.11. The van der Waals surface area contributed by atoms with E-state index in [-0.39, 0.29) is 5.75 Å². The average molecular weight is 306 g/mol. The van der Waals surface area contributed by atoms with Crippen molar-refractivity contribution < 1.29 is 9.84 Å². The van der Waals surface area contributed by atoms with Gasteiger partial charge in [0.25, 0.3) is 0 Å². The van der Waals surface area contributed by atoms with Gasteiger partial charge < -0.3 is 15.2 Å². The van der Waals surface area contributed by atoms with Crippen LogP contribution < -0.4 is 10.1 Å². The average Bonchev–Trinajstić information content (AvgIpc) is 2.45. The Kier molecular flexibility index (Phi) is 5.34. The van der Waals surface area contributed by atoms with Crippen molar-refractivity contribution in [3.8, 4) is 11.5 Å². The minimum absolute atomic E-state index is 0.190. The topological polar surface area (TPSA) is 41.5 Å². The summed E-state index contributed by atoms with van der Waals surface area (Å²) in [5.74, 6) is 1.46. The molecule has 2 aromatic rings. The third-order valence-corrected chi connectivity index (χ3v) is 3.36. The van der Waals surface area contributed by atoms with Crippen molar-refractivity contribution in [1.82, 2.24) is 0 Å². The molecule has 0 fully saturated rings. The van der Waals surface area contributed by atoms with Gasteiger partial charge in [-0.15, -0.1) is 0 Å². The quantitative estimate of drug-likeness (QED) is 0.813. The molecule has 0 aliphatic rings. The molecule has 0 atom stereocenters. The fraction of sp³-hybridized carbons (Fsp3) is 0.294. The molecule has 3 nitrogen and oxygen atoms in total. The van der Waals surface area contributed by atoms with Crippen LogP contribution in [0.4, 0.5) is 5.69 Å². The van der Waals surface area contributed by atoms with E-state index < -0.39 is 0 Å². The Labute approximate surface area is 130 Å². The van der Waals surface area contributed by atoms with Crippen LogP contribution in [0.1, 0.15) is 19.4 Å². The van der Waals surface area contributed by atoms with Crippen molar-refractivity contribution >= 4 is 17.3 Å². The van der Waals surface area contributed by atoms with Crippen LogP contribution in [-0.4, -0.2) is 11.7 Å². The number of anilines is 1. The first-order valence-corrected chi connectivity index (χ1v) is 7.37. The summed E-state index contributed by atoms with van der Waals surface area (Å²) in [6, 6.07) is 12.9. The molecule has 0 aliphatic carbocycles. The molecule has 0 amide bonds. The van der Waals surface area contributed by atoms with Crippen molar-refractivity contribution in [2.45, 2.75) is 20.4 Å². The number of nitrogens with one attached hydrogen (secondary N) is 1. The minimum atomic E-state index is 0.190. The van der Waals surface area contributed by atoms with Crippen molar-refractivity contribution in [2.24, 2.45) is 5.92 Å². The summed E-state index contributed by atoms with van der Waals surface area (Å²) in [4.78, 5) is 0. The largest absolute Gasteiger partial charge is 0.508 e. The van der Waals surface area contributed by atoms with Crippen molar-refractivity contribution in [3.05, 3.63) is 53.1 Å². The van der Waals surface area contributed by atoms with E-state index in [2.05, 4.69) is 19.2 Å². The van der Waals surface area contributed by atoms with Crippen LogP contribution in [0.15, 0.2) is 42.5 Å². The molecule has 21 heavy (non-hydrogen) atoms. The molecule has 0 spiro atoms. The van der Waals surface area contributed by atoms with Crippen LogP contribution in [0.25, 0.3) is 0 Å². The number of benzene rings is 2. The highest BCUT2D eigenvalue weighted by Gasteiger charge is 2.08. The number of hydrogen-bond acceptors (Lipinski definition) is 3. The van der Waals surface area contributed by atoms with E-state index in [9.17, 15) is 5.11 Å². The monoisotopic (exact) mass is 305 g/mol. The Hall–Kier alpha value is -1.87. The van der Waals surface area contributed by atoms with Crippen molar-refractivity contribution in [1.29, 1.82) is 0 Å². The molecule has 0 heterocycles.